The first-order valence-corrected chi connectivity index (χ1v) is 9.63. The van der Waals surface area contributed by atoms with Crippen LogP contribution in [0.3, 0.4) is 0 Å². The number of anilines is 1. The van der Waals surface area contributed by atoms with E-state index in [1.54, 1.807) is 36.4 Å². The van der Waals surface area contributed by atoms with Crippen LogP contribution in [0.4, 0.5) is 5.69 Å². The molecule has 1 aliphatic heterocycles. The molecule has 1 aromatic heterocycles. The van der Waals surface area contributed by atoms with Crippen molar-refractivity contribution in [2.24, 2.45) is 0 Å². The van der Waals surface area contributed by atoms with Crippen molar-refractivity contribution in [1.29, 1.82) is 0 Å². The van der Waals surface area contributed by atoms with Gasteiger partial charge in [0.15, 0.2) is 0 Å². The van der Waals surface area contributed by atoms with Gasteiger partial charge in [-0.25, -0.2) is 13.5 Å². The fourth-order valence-electron chi connectivity index (χ4n) is 2.67. The van der Waals surface area contributed by atoms with Gasteiger partial charge in [0, 0.05) is 11.3 Å². The van der Waals surface area contributed by atoms with Crippen molar-refractivity contribution in [2.45, 2.75) is 13.8 Å². The van der Waals surface area contributed by atoms with Gasteiger partial charge in [-0.1, -0.05) is 19.9 Å². The molecule has 0 spiro atoms. The Kier molecular flexibility index (Phi) is 4.22. The van der Waals surface area contributed by atoms with Crippen LogP contribution in [0.25, 0.3) is 22.0 Å². The minimum Gasteiger partial charge on any atom is -0.456 e. The zero-order valence-corrected chi connectivity index (χ0v) is 14.8. The Morgan fingerprint density at radius 1 is 1.12 bits per heavy atom. The van der Waals surface area contributed by atoms with Crippen LogP contribution in [0, 0.1) is 0 Å². The largest absolute Gasteiger partial charge is 0.456 e. The van der Waals surface area contributed by atoms with Gasteiger partial charge in [-0.15, -0.1) is 0 Å². The summed E-state index contributed by atoms with van der Waals surface area (Å²) in [5.74, 6) is 1.09. The first kappa shape index (κ1) is 17.0. The summed E-state index contributed by atoms with van der Waals surface area (Å²) in [5, 5.41) is 7.67. The van der Waals surface area contributed by atoms with Crippen LogP contribution in [-0.2, 0) is 10.0 Å². The first-order chi connectivity index (χ1) is 11.9. The van der Waals surface area contributed by atoms with Gasteiger partial charge in [0.1, 0.15) is 17.2 Å². The van der Waals surface area contributed by atoms with E-state index >= 15 is 0 Å². The molecule has 8 heteroatoms. The topological polar surface area (TPSA) is 101 Å². The Morgan fingerprint density at radius 3 is 2.60 bits per heavy atom. The standard InChI is InChI=1S/C15H11N3O4S.C2H6/c1-23(20,21)18-8-5-6-11-10(7-8)14-13-9(15(19)17-16-14)3-2-4-12(13)22-11;1-2/h2-7,18H,1H3,(H,17,19);1-2H3. The molecule has 0 saturated carbocycles. The van der Waals surface area contributed by atoms with Crippen LogP contribution in [0.1, 0.15) is 13.8 Å². The molecule has 2 heterocycles. The van der Waals surface area contributed by atoms with E-state index in [0.29, 0.717) is 39.2 Å². The predicted molar refractivity (Wildman–Crippen MR) is 97.7 cm³/mol. The Labute approximate surface area is 144 Å². The Bertz CT molecular complexity index is 1120. The van der Waals surface area contributed by atoms with Crippen LogP contribution in [0.5, 0.6) is 11.5 Å². The summed E-state index contributed by atoms with van der Waals surface area (Å²) in [6.45, 7) is 4.00. The third-order valence-corrected chi connectivity index (χ3v) is 4.14. The zero-order chi connectivity index (χ0) is 18.2. The summed E-state index contributed by atoms with van der Waals surface area (Å²) < 4.78 is 31.0. The van der Waals surface area contributed by atoms with Crippen molar-refractivity contribution in [2.75, 3.05) is 11.0 Å². The van der Waals surface area contributed by atoms with E-state index < -0.39 is 10.0 Å². The monoisotopic (exact) mass is 359 g/mol. The van der Waals surface area contributed by atoms with Gasteiger partial charge < -0.3 is 4.74 Å². The molecule has 2 N–H and O–H groups in total. The molecule has 1 aliphatic rings. The van der Waals surface area contributed by atoms with Crippen molar-refractivity contribution in [1.82, 2.24) is 10.2 Å². The molecular formula is C17H17N3O4S. The number of nitrogens with zero attached hydrogens (tertiary/aromatic N) is 1. The highest BCUT2D eigenvalue weighted by atomic mass is 32.2. The Hall–Kier alpha value is -2.87. The fourth-order valence-corrected chi connectivity index (χ4v) is 3.22. The minimum absolute atomic E-state index is 0.303. The van der Waals surface area contributed by atoms with Crippen LogP contribution in [0.2, 0.25) is 0 Å². The van der Waals surface area contributed by atoms with Crippen molar-refractivity contribution >= 4 is 26.5 Å². The Morgan fingerprint density at radius 2 is 1.88 bits per heavy atom. The summed E-state index contributed by atoms with van der Waals surface area (Å²) >= 11 is 0. The molecule has 0 bridgehead atoms. The third kappa shape index (κ3) is 3.08. The third-order valence-electron chi connectivity index (χ3n) is 3.53. The minimum atomic E-state index is -3.39. The average Bonchev–Trinajstić information content (AvgIpc) is 2.58. The molecule has 0 saturated heterocycles. The second-order valence-corrected chi connectivity index (χ2v) is 7.02. The van der Waals surface area contributed by atoms with E-state index in [1.807, 2.05) is 13.8 Å². The summed E-state index contributed by atoms with van der Waals surface area (Å²) in [7, 11) is -3.39. The number of aromatic nitrogens is 2. The molecule has 0 unspecified atom stereocenters. The maximum absolute atomic E-state index is 11.9. The van der Waals surface area contributed by atoms with E-state index in [2.05, 4.69) is 14.9 Å². The smallest absolute Gasteiger partial charge is 0.272 e. The van der Waals surface area contributed by atoms with Gasteiger partial charge in [-0.2, -0.15) is 5.10 Å². The van der Waals surface area contributed by atoms with E-state index in [0.717, 1.165) is 6.26 Å². The summed E-state index contributed by atoms with van der Waals surface area (Å²) in [6, 6.07) is 10.1. The van der Waals surface area contributed by atoms with Crippen LogP contribution in [0.15, 0.2) is 41.2 Å². The number of hydrogen-bond acceptors (Lipinski definition) is 5. The molecule has 0 atom stereocenters. The lowest BCUT2D eigenvalue weighted by Crippen LogP contribution is -2.13. The van der Waals surface area contributed by atoms with Crippen molar-refractivity contribution in [3.63, 3.8) is 0 Å². The van der Waals surface area contributed by atoms with Crippen LogP contribution >= 0.6 is 0 Å². The highest BCUT2D eigenvalue weighted by Gasteiger charge is 2.23. The van der Waals surface area contributed by atoms with Crippen LogP contribution in [-0.4, -0.2) is 24.9 Å². The number of ether oxygens (including phenoxy) is 1. The predicted octanol–water partition coefficient (Wildman–Crippen LogP) is 3.09. The maximum Gasteiger partial charge on any atom is 0.272 e. The van der Waals surface area contributed by atoms with Crippen LogP contribution < -0.4 is 15.0 Å². The second-order valence-electron chi connectivity index (χ2n) is 5.27. The molecular weight excluding hydrogens is 342 g/mol. The molecule has 3 aromatic rings. The molecule has 2 aromatic carbocycles. The molecule has 7 nitrogen and oxygen atoms in total. The second kappa shape index (κ2) is 6.21. The van der Waals surface area contributed by atoms with Gasteiger partial charge in [0.2, 0.25) is 10.0 Å². The number of aromatic amines is 1. The molecule has 0 fully saturated rings. The highest BCUT2D eigenvalue weighted by molar-refractivity contribution is 7.92. The number of rotatable bonds is 2. The summed E-state index contributed by atoms with van der Waals surface area (Å²) in [5.41, 5.74) is 1.26. The number of fused-ring (bicyclic) bond motifs is 2. The first-order valence-electron chi connectivity index (χ1n) is 7.74. The van der Waals surface area contributed by atoms with Gasteiger partial charge in [0.25, 0.3) is 5.56 Å². The average molecular weight is 359 g/mol. The number of H-pyrrole nitrogens is 1. The van der Waals surface area contributed by atoms with Crippen molar-refractivity contribution in [3.05, 3.63) is 46.8 Å². The molecule has 0 radical (unpaired) electrons. The van der Waals surface area contributed by atoms with E-state index in [4.69, 9.17) is 4.74 Å². The highest BCUT2D eigenvalue weighted by Crippen LogP contribution is 2.45. The summed E-state index contributed by atoms with van der Waals surface area (Å²) in [4.78, 5) is 11.9. The zero-order valence-electron chi connectivity index (χ0n) is 14.0. The van der Waals surface area contributed by atoms with Gasteiger partial charge in [0.05, 0.1) is 17.0 Å². The van der Waals surface area contributed by atoms with E-state index in [9.17, 15) is 13.2 Å². The molecule has 130 valence electrons. The molecule has 4 rings (SSSR count). The lowest BCUT2D eigenvalue weighted by atomic mass is 10.0. The fraction of sp³-hybridized carbons (Fsp3) is 0.176. The number of benzene rings is 2. The number of sulfonamides is 1. The van der Waals surface area contributed by atoms with Crippen molar-refractivity contribution in [3.8, 4) is 22.8 Å². The number of hydrogen-bond donors (Lipinski definition) is 2. The lowest BCUT2D eigenvalue weighted by molar-refractivity contribution is 0.486. The quantitative estimate of drug-likeness (QED) is 0.573. The SMILES string of the molecule is CC.CS(=O)(=O)Nc1ccc2c(c1)-c1n[nH]c(=O)c3cccc(c13)O2. The maximum atomic E-state index is 11.9. The van der Waals surface area contributed by atoms with E-state index in [-0.39, 0.29) is 5.56 Å². The number of nitrogens with one attached hydrogen (secondary N) is 2. The lowest BCUT2D eigenvalue weighted by Gasteiger charge is -2.20. The van der Waals surface area contributed by atoms with E-state index in [1.165, 1.54) is 0 Å². The Balaban J connectivity index is 0.000000880. The van der Waals surface area contributed by atoms with Crippen molar-refractivity contribution < 1.29 is 13.2 Å². The van der Waals surface area contributed by atoms with Gasteiger partial charge >= 0.3 is 0 Å². The molecule has 25 heavy (non-hydrogen) atoms. The van der Waals surface area contributed by atoms with Gasteiger partial charge in [-0.3, -0.25) is 9.52 Å². The molecule has 0 aliphatic carbocycles. The normalized spacial score (nSPS) is 11.8. The molecule has 0 amide bonds. The summed E-state index contributed by atoms with van der Waals surface area (Å²) in [6.07, 6.45) is 1.08. The van der Waals surface area contributed by atoms with Gasteiger partial charge in [-0.05, 0) is 30.3 Å².